The average Bonchev–Trinajstić information content (AvgIpc) is 2.64. The lowest BCUT2D eigenvalue weighted by Crippen LogP contribution is -2.16. The first kappa shape index (κ1) is 17.1. The minimum absolute atomic E-state index is 0.275. The summed E-state index contributed by atoms with van der Waals surface area (Å²) in [5.41, 5.74) is 3.34. The lowest BCUT2D eigenvalue weighted by Gasteiger charge is -2.10. The van der Waals surface area contributed by atoms with Gasteiger partial charge in [0.1, 0.15) is 17.3 Å². The molecule has 0 bridgehead atoms. The number of nitriles is 1. The van der Waals surface area contributed by atoms with Gasteiger partial charge in [-0.15, -0.1) is 0 Å². The number of rotatable bonds is 4. The molecule has 2 aromatic carbocycles. The minimum Gasteiger partial charge on any atom is -0.340 e. The van der Waals surface area contributed by atoms with Crippen LogP contribution in [0.5, 0.6) is 0 Å². The van der Waals surface area contributed by atoms with Crippen LogP contribution < -0.4 is 10.6 Å². The van der Waals surface area contributed by atoms with E-state index >= 15 is 0 Å². The van der Waals surface area contributed by atoms with Gasteiger partial charge in [-0.25, -0.2) is 9.97 Å². The van der Waals surface area contributed by atoms with Gasteiger partial charge >= 0.3 is 0 Å². The Balaban J connectivity index is 1.81. The van der Waals surface area contributed by atoms with Gasteiger partial charge in [-0.1, -0.05) is 18.2 Å². The highest BCUT2D eigenvalue weighted by molar-refractivity contribution is 6.03. The highest BCUT2D eigenvalue weighted by Gasteiger charge is 2.12. The number of nitrogens with zero attached hydrogens (tertiary/aromatic N) is 3. The summed E-state index contributed by atoms with van der Waals surface area (Å²) in [4.78, 5) is 21.1. The molecule has 1 heterocycles. The number of amides is 1. The SMILES string of the molecule is Cc1nc(Nc2ccc(C#N)cc2)cc(C(=O)Nc2ccccc2C)n1. The monoisotopic (exact) mass is 343 g/mol. The molecular weight excluding hydrogens is 326 g/mol. The third-order valence-corrected chi connectivity index (χ3v) is 3.75. The molecule has 1 amide bonds. The fraction of sp³-hybridized carbons (Fsp3) is 0.100. The number of para-hydroxylation sites is 1. The van der Waals surface area contributed by atoms with Gasteiger partial charge in [-0.05, 0) is 49.7 Å². The molecule has 0 unspecified atom stereocenters. The number of anilines is 3. The normalized spacial score (nSPS) is 10.0. The van der Waals surface area contributed by atoms with Crippen molar-refractivity contribution < 1.29 is 4.79 Å². The van der Waals surface area contributed by atoms with Crippen molar-refractivity contribution in [1.82, 2.24) is 9.97 Å². The maximum atomic E-state index is 12.5. The zero-order valence-electron chi connectivity index (χ0n) is 14.4. The minimum atomic E-state index is -0.298. The molecule has 26 heavy (non-hydrogen) atoms. The second-order valence-corrected chi connectivity index (χ2v) is 5.77. The van der Waals surface area contributed by atoms with E-state index in [9.17, 15) is 4.79 Å². The summed E-state index contributed by atoms with van der Waals surface area (Å²) in [6.07, 6.45) is 0. The van der Waals surface area contributed by atoms with Crippen molar-refractivity contribution in [2.45, 2.75) is 13.8 Å². The molecule has 6 heteroatoms. The molecular formula is C20H17N5O. The molecule has 2 N–H and O–H groups in total. The van der Waals surface area contributed by atoms with Crippen molar-refractivity contribution in [2.24, 2.45) is 0 Å². The van der Waals surface area contributed by atoms with Crippen molar-refractivity contribution in [1.29, 1.82) is 5.26 Å². The van der Waals surface area contributed by atoms with Gasteiger partial charge in [0, 0.05) is 17.4 Å². The van der Waals surface area contributed by atoms with Crippen molar-refractivity contribution >= 4 is 23.1 Å². The summed E-state index contributed by atoms with van der Waals surface area (Å²) in [7, 11) is 0. The topological polar surface area (TPSA) is 90.7 Å². The fourth-order valence-electron chi connectivity index (χ4n) is 2.42. The summed E-state index contributed by atoms with van der Waals surface area (Å²) < 4.78 is 0. The van der Waals surface area contributed by atoms with E-state index in [0.29, 0.717) is 17.2 Å². The molecule has 0 aliphatic carbocycles. The predicted octanol–water partition coefficient (Wildman–Crippen LogP) is 3.96. The Bertz CT molecular complexity index is 990. The number of aryl methyl sites for hydroxylation is 2. The lowest BCUT2D eigenvalue weighted by molar-refractivity contribution is 0.102. The van der Waals surface area contributed by atoms with E-state index in [1.807, 2.05) is 31.2 Å². The number of carbonyl (C=O) groups excluding carboxylic acids is 1. The molecule has 0 saturated heterocycles. The number of aromatic nitrogens is 2. The molecule has 0 spiro atoms. The Morgan fingerprint density at radius 3 is 2.46 bits per heavy atom. The van der Waals surface area contributed by atoms with Crippen LogP contribution in [0.1, 0.15) is 27.4 Å². The Hall–Kier alpha value is -3.72. The summed E-state index contributed by atoms with van der Waals surface area (Å²) in [6, 6.07) is 18.2. The van der Waals surface area contributed by atoms with E-state index in [2.05, 4.69) is 26.7 Å². The first-order chi connectivity index (χ1) is 12.5. The number of benzene rings is 2. The molecule has 1 aromatic heterocycles. The van der Waals surface area contributed by atoms with Crippen LogP contribution in [-0.2, 0) is 0 Å². The zero-order chi connectivity index (χ0) is 18.5. The highest BCUT2D eigenvalue weighted by Crippen LogP contribution is 2.18. The number of hydrogen-bond donors (Lipinski definition) is 2. The molecule has 3 rings (SSSR count). The molecule has 0 saturated carbocycles. The van der Waals surface area contributed by atoms with Crippen LogP contribution in [0, 0.1) is 25.2 Å². The molecule has 0 radical (unpaired) electrons. The molecule has 128 valence electrons. The van der Waals surface area contributed by atoms with Crippen LogP contribution in [-0.4, -0.2) is 15.9 Å². The van der Waals surface area contributed by atoms with Crippen molar-refractivity contribution in [2.75, 3.05) is 10.6 Å². The summed E-state index contributed by atoms with van der Waals surface area (Å²) in [5.74, 6) is 0.698. The zero-order valence-corrected chi connectivity index (χ0v) is 14.4. The smallest absolute Gasteiger partial charge is 0.274 e. The largest absolute Gasteiger partial charge is 0.340 e. The van der Waals surface area contributed by atoms with Gasteiger partial charge in [-0.2, -0.15) is 5.26 Å². The molecule has 0 aliphatic rings. The van der Waals surface area contributed by atoms with Gasteiger partial charge < -0.3 is 10.6 Å². The van der Waals surface area contributed by atoms with E-state index in [0.717, 1.165) is 16.9 Å². The predicted molar refractivity (Wildman–Crippen MR) is 100 cm³/mol. The van der Waals surface area contributed by atoms with E-state index in [-0.39, 0.29) is 11.6 Å². The van der Waals surface area contributed by atoms with Crippen molar-refractivity contribution in [3.63, 3.8) is 0 Å². The third kappa shape index (κ3) is 4.02. The second-order valence-electron chi connectivity index (χ2n) is 5.77. The summed E-state index contributed by atoms with van der Waals surface area (Å²) in [6.45, 7) is 3.66. The maximum Gasteiger partial charge on any atom is 0.274 e. The van der Waals surface area contributed by atoms with Crippen molar-refractivity contribution in [3.8, 4) is 6.07 Å². The molecule has 6 nitrogen and oxygen atoms in total. The summed E-state index contributed by atoms with van der Waals surface area (Å²) in [5, 5.41) is 14.9. The van der Waals surface area contributed by atoms with Crippen LogP contribution in [0.4, 0.5) is 17.2 Å². The molecule has 0 atom stereocenters. The number of carbonyl (C=O) groups is 1. The van der Waals surface area contributed by atoms with Gasteiger partial charge in [-0.3, -0.25) is 4.79 Å². The van der Waals surface area contributed by atoms with Crippen LogP contribution in [0.25, 0.3) is 0 Å². The molecule has 0 aliphatic heterocycles. The van der Waals surface area contributed by atoms with Crippen LogP contribution in [0.2, 0.25) is 0 Å². The first-order valence-electron chi connectivity index (χ1n) is 8.05. The molecule has 0 fully saturated rings. The average molecular weight is 343 g/mol. The summed E-state index contributed by atoms with van der Waals surface area (Å²) >= 11 is 0. The van der Waals surface area contributed by atoms with E-state index in [1.165, 1.54) is 0 Å². The molecule has 3 aromatic rings. The van der Waals surface area contributed by atoms with Gasteiger partial charge in [0.25, 0.3) is 5.91 Å². The Labute approximate surface area is 151 Å². The third-order valence-electron chi connectivity index (χ3n) is 3.75. The van der Waals surface area contributed by atoms with Crippen molar-refractivity contribution in [3.05, 3.63) is 77.2 Å². The fourth-order valence-corrected chi connectivity index (χ4v) is 2.42. The Morgan fingerprint density at radius 2 is 1.77 bits per heavy atom. The Morgan fingerprint density at radius 1 is 1.04 bits per heavy atom. The standard InChI is InChI=1S/C20H17N5O/c1-13-5-3-4-6-17(13)25-20(26)18-11-19(23-14(2)22-18)24-16-9-7-15(12-21)8-10-16/h3-11H,1-2H3,(H,25,26)(H,22,23,24). The lowest BCUT2D eigenvalue weighted by atomic mass is 10.2. The van der Waals surface area contributed by atoms with Crippen LogP contribution in [0.3, 0.4) is 0 Å². The maximum absolute atomic E-state index is 12.5. The highest BCUT2D eigenvalue weighted by atomic mass is 16.1. The van der Waals surface area contributed by atoms with E-state index in [1.54, 1.807) is 37.3 Å². The second kappa shape index (κ2) is 7.45. The Kier molecular flexibility index (Phi) is 4.90. The van der Waals surface area contributed by atoms with E-state index in [4.69, 9.17) is 5.26 Å². The van der Waals surface area contributed by atoms with E-state index < -0.39 is 0 Å². The van der Waals surface area contributed by atoms with Gasteiger partial charge in [0.15, 0.2) is 0 Å². The quantitative estimate of drug-likeness (QED) is 0.748. The van der Waals surface area contributed by atoms with Gasteiger partial charge in [0.2, 0.25) is 0 Å². The van der Waals surface area contributed by atoms with Crippen LogP contribution >= 0.6 is 0 Å². The number of nitrogens with one attached hydrogen (secondary N) is 2. The number of hydrogen-bond acceptors (Lipinski definition) is 5. The van der Waals surface area contributed by atoms with Crippen LogP contribution in [0.15, 0.2) is 54.6 Å². The van der Waals surface area contributed by atoms with Gasteiger partial charge in [0.05, 0.1) is 11.6 Å². The first-order valence-corrected chi connectivity index (χ1v) is 8.05.